The van der Waals surface area contributed by atoms with Gasteiger partial charge in [-0.3, -0.25) is 0 Å². The molecule has 1 heterocycles. The Morgan fingerprint density at radius 3 is 2.71 bits per heavy atom. The van der Waals surface area contributed by atoms with Crippen molar-refractivity contribution in [3.8, 4) is 0 Å². The van der Waals surface area contributed by atoms with Gasteiger partial charge in [-0.25, -0.2) is 13.1 Å². The fraction of sp³-hybridized carbons (Fsp3) is 0.714. The lowest BCUT2D eigenvalue weighted by molar-refractivity contribution is 0.339. The molecule has 21 heavy (non-hydrogen) atoms. The quantitative estimate of drug-likeness (QED) is 0.743. The first-order chi connectivity index (χ1) is 10.0. The van der Waals surface area contributed by atoms with Crippen molar-refractivity contribution in [2.24, 2.45) is 5.92 Å². The van der Waals surface area contributed by atoms with Gasteiger partial charge in [0.1, 0.15) is 4.90 Å². The minimum Gasteiger partial charge on any atom is -0.315 e. The normalized spacial score (nSPS) is 17.2. The lowest BCUT2D eigenvalue weighted by Gasteiger charge is -2.21. The summed E-state index contributed by atoms with van der Waals surface area (Å²) in [5, 5.41) is 3.04. The topological polar surface area (TPSA) is 58.2 Å². The molecule has 0 atom stereocenters. The molecule has 0 bridgehead atoms. The highest BCUT2D eigenvalue weighted by atomic mass is 79.9. The molecule has 0 spiro atoms. The van der Waals surface area contributed by atoms with Crippen molar-refractivity contribution >= 4 is 37.3 Å². The molecule has 0 aromatic carbocycles. The zero-order valence-corrected chi connectivity index (χ0v) is 15.5. The standard InChI is InChI=1S/C14H23BrN2O2S2/c1-16-10-12-9-13(14(15)20-12)21(18,19)17-8-7-11-5-3-2-4-6-11/h9,11,16-17H,2-8,10H2,1H3. The van der Waals surface area contributed by atoms with Gasteiger partial charge >= 0.3 is 0 Å². The number of hydrogen-bond donors (Lipinski definition) is 2. The van der Waals surface area contributed by atoms with Crippen molar-refractivity contribution in [3.05, 3.63) is 14.7 Å². The van der Waals surface area contributed by atoms with Gasteiger partial charge in [0.25, 0.3) is 0 Å². The largest absolute Gasteiger partial charge is 0.315 e. The van der Waals surface area contributed by atoms with E-state index in [1.54, 1.807) is 6.07 Å². The third kappa shape index (κ3) is 5.03. The average Bonchev–Trinajstić information content (AvgIpc) is 2.82. The molecule has 0 amide bonds. The van der Waals surface area contributed by atoms with Crippen molar-refractivity contribution in [1.82, 2.24) is 10.0 Å². The van der Waals surface area contributed by atoms with Gasteiger partial charge in [0.15, 0.2) is 0 Å². The molecular weight excluding hydrogens is 372 g/mol. The molecule has 7 heteroatoms. The van der Waals surface area contributed by atoms with E-state index in [9.17, 15) is 8.42 Å². The first kappa shape index (κ1) is 17.4. The Hall–Kier alpha value is 0.0500. The first-order valence-corrected chi connectivity index (χ1v) is 10.5. The van der Waals surface area contributed by atoms with Crippen LogP contribution in [0.5, 0.6) is 0 Å². The molecular formula is C14H23BrN2O2S2. The van der Waals surface area contributed by atoms with E-state index in [-0.39, 0.29) is 0 Å². The molecule has 0 radical (unpaired) electrons. The number of thiophene rings is 1. The summed E-state index contributed by atoms with van der Waals surface area (Å²) >= 11 is 4.83. The van der Waals surface area contributed by atoms with Gasteiger partial charge < -0.3 is 5.32 Å². The van der Waals surface area contributed by atoms with Crippen LogP contribution < -0.4 is 10.0 Å². The molecule has 120 valence electrons. The van der Waals surface area contributed by atoms with Crippen LogP contribution in [0, 0.1) is 5.92 Å². The van der Waals surface area contributed by atoms with Crippen molar-refractivity contribution < 1.29 is 8.42 Å². The fourth-order valence-corrected chi connectivity index (χ4v) is 6.53. The minimum atomic E-state index is -3.40. The van der Waals surface area contributed by atoms with Crippen LogP contribution in [0.3, 0.4) is 0 Å². The van der Waals surface area contributed by atoms with Gasteiger partial charge in [0.2, 0.25) is 10.0 Å². The van der Waals surface area contributed by atoms with E-state index in [4.69, 9.17) is 0 Å². The van der Waals surface area contributed by atoms with Crippen LogP contribution in [0.2, 0.25) is 0 Å². The molecule has 4 nitrogen and oxygen atoms in total. The van der Waals surface area contributed by atoms with Crippen LogP contribution in [0.15, 0.2) is 14.7 Å². The van der Waals surface area contributed by atoms with Crippen LogP contribution >= 0.6 is 27.3 Å². The van der Waals surface area contributed by atoms with Gasteiger partial charge in [-0.05, 0) is 41.4 Å². The van der Waals surface area contributed by atoms with Crippen LogP contribution in [0.4, 0.5) is 0 Å². The van der Waals surface area contributed by atoms with Gasteiger partial charge in [0, 0.05) is 18.0 Å². The summed E-state index contributed by atoms with van der Waals surface area (Å²) in [7, 11) is -1.55. The predicted octanol–water partition coefficient (Wildman–Crippen LogP) is 3.48. The maximum Gasteiger partial charge on any atom is 0.242 e. The third-order valence-electron chi connectivity index (χ3n) is 3.92. The lowest BCUT2D eigenvalue weighted by Crippen LogP contribution is -2.26. The van der Waals surface area contributed by atoms with Gasteiger partial charge in [-0.1, -0.05) is 32.1 Å². The molecule has 0 aliphatic heterocycles. The van der Waals surface area contributed by atoms with Crippen molar-refractivity contribution in [1.29, 1.82) is 0 Å². The summed E-state index contributed by atoms with van der Waals surface area (Å²) in [5.74, 6) is 0.687. The van der Waals surface area contributed by atoms with E-state index < -0.39 is 10.0 Å². The highest BCUT2D eigenvalue weighted by Crippen LogP contribution is 2.32. The van der Waals surface area contributed by atoms with Crippen LogP contribution in [0.1, 0.15) is 43.4 Å². The average molecular weight is 395 g/mol. The summed E-state index contributed by atoms with van der Waals surface area (Å²) in [5.41, 5.74) is 0. The number of rotatable bonds is 7. The monoisotopic (exact) mass is 394 g/mol. The molecule has 1 saturated carbocycles. The zero-order valence-electron chi connectivity index (χ0n) is 12.3. The van der Waals surface area contributed by atoms with Gasteiger partial charge in [-0.2, -0.15) is 0 Å². The minimum absolute atomic E-state index is 0.362. The maximum atomic E-state index is 12.4. The van der Waals surface area contributed by atoms with Crippen LogP contribution in [-0.4, -0.2) is 22.0 Å². The molecule has 1 aromatic heterocycles. The van der Waals surface area contributed by atoms with E-state index in [0.29, 0.717) is 27.7 Å². The summed E-state index contributed by atoms with van der Waals surface area (Å²) in [6, 6.07) is 1.74. The highest BCUT2D eigenvalue weighted by Gasteiger charge is 2.21. The third-order valence-corrected chi connectivity index (χ3v) is 7.63. The SMILES string of the molecule is CNCc1cc(S(=O)(=O)NCCC2CCCCC2)c(Br)s1. The van der Waals surface area contributed by atoms with Crippen molar-refractivity contribution in [2.45, 2.75) is 50.0 Å². The zero-order chi connectivity index (χ0) is 15.3. The summed E-state index contributed by atoms with van der Waals surface area (Å²) < 4.78 is 28.1. The molecule has 1 aromatic rings. The number of halogens is 1. The second kappa shape index (κ2) is 8.06. The Bertz CT molecular complexity index is 551. The summed E-state index contributed by atoms with van der Waals surface area (Å²) in [4.78, 5) is 1.37. The molecule has 1 aliphatic rings. The highest BCUT2D eigenvalue weighted by molar-refractivity contribution is 9.11. The summed E-state index contributed by atoms with van der Waals surface area (Å²) in [6.07, 6.45) is 7.36. The van der Waals surface area contributed by atoms with Crippen LogP contribution in [-0.2, 0) is 16.6 Å². The van der Waals surface area contributed by atoms with Crippen molar-refractivity contribution in [2.75, 3.05) is 13.6 Å². The van der Waals surface area contributed by atoms with E-state index in [1.807, 2.05) is 7.05 Å². The Balaban J connectivity index is 1.91. The predicted molar refractivity (Wildman–Crippen MR) is 91.2 cm³/mol. The lowest BCUT2D eigenvalue weighted by atomic mass is 9.87. The van der Waals surface area contributed by atoms with Gasteiger partial charge in [0.05, 0.1) is 3.79 Å². The second-order valence-electron chi connectivity index (χ2n) is 5.57. The number of hydrogen-bond acceptors (Lipinski definition) is 4. The Kier molecular flexibility index (Phi) is 6.68. The van der Waals surface area contributed by atoms with E-state index >= 15 is 0 Å². The molecule has 0 saturated heterocycles. The van der Waals surface area contributed by atoms with E-state index in [0.717, 1.165) is 11.3 Å². The Morgan fingerprint density at radius 1 is 1.33 bits per heavy atom. The molecule has 1 aliphatic carbocycles. The Labute approximate surface area is 139 Å². The molecule has 2 N–H and O–H groups in total. The number of nitrogens with one attached hydrogen (secondary N) is 2. The maximum absolute atomic E-state index is 12.4. The number of sulfonamides is 1. The molecule has 1 fully saturated rings. The molecule has 0 unspecified atom stereocenters. The molecule has 2 rings (SSSR count). The smallest absolute Gasteiger partial charge is 0.242 e. The van der Waals surface area contributed by atoms with Gasteiger partial charge in [-0.15, -0.1) is 11.3 Å². The van der Waals surface area contributed by atoms with Crippen LogP contribution in [0.25, 0.3) is 0 Å². The van der Waals surface area contributed by atoms with E-state index in [2.05, 4.69) is 26.0 Å². The summed E-state index contributed by atoms with van der Waals surface area (Å²) in [6.45, 7) is 1.22. The van der Waals surface area contributed by atoms with E-state index in [1.165, 1.54) is 43.4 Å². The second-order valence-corrected chi connectivity index (χ2v) is 9.76. The first-order valence-electron chi connectivity index (χ1n) is 7.45. The Morgan fingerprint density at radius 2 is 2.05 bits per heavy atom. The van der Waals surface area contributed by atoms with Crippen molar-refractivity contribution in [3.63, 3.8) is 0 Å². The fourth-order valence-electron chi connectivity index (χ4n) is 2.79.